The van der Waals surface area contributed by atoms with Crippen LogP contribution in [0.25, 0.3) is 0 Å². The molecule has 0 aliphatic carbocycles. The topological polar surface area (TPSA) is 99.0 Å². The molecule has 1 amide bonds. The van der Waals surface area contributed by atoms with Gasteiger partial charge in [-0.25, -0.2) is 12.7 Å². The molecule has 1 aromatic carbocycles. The number of nitrogens with one attached hydrogen (secondary N) is 1. The van der Waals surface area contributed by atoms with Gasteiger partial charge in [0.05, 0.1) is 17.1 Å². The van der Waals surface area contributed by atoms with Gasteiger partial charge in [-0.1, -0.05) is 23.4 Å². The van der Waals surface area contributed by atoms with Crippen LogP contribution >= 0.6 is 0 Å². The summed E-state index contributed by atoms with van der Waals surface area (Å²) in [4.78, 5) is 17.0. The second-order valence-corrected chi connectivity index (χ2v) is 9.77. The summed E-state index contributed by atoms with van der Waals surface area (Å²) in [5, 5.41) is 6.88. The van der Waals surface area contributed by atoms with E-state index < -0.39 is 10.0 Å². The number of carbonyl (C=O) groups is 1. The average molecular weight is 436 g/mol. The Bertz CT molecular complexity index is 965. The van der Waals surface area contributed by atoms with Gasteiger partial charge in [0, 0.05) is 59.4 Å². The first-order valence-corrected chi connectivity index (χ1v) is 11.3. The summed E-state index contributed by atoms with van der Waals surface area (Å²) >= 11 is 0. The summed E-state index contributed by atoms with van der Waals surface area (Å²) < 4.78 is 31.2. The van der Waals surface area contributed by atoms with Gasteiger partial charge in [-0.15, -0.1) is 0 Å². The second-order valence-electron chi connectivity index (χ2n) is 7.65. The Morgan fingerprint density at radius 2 is 1.83 bits per heavy atom. The molecule has 10 heteroatoms. The molecule has 3 rings (SSSR count). The normalized spacial score (nSPS) is 16.1. The highest BCUT2D eigenvalue weighted by atomic mass is 32.2. The molecule has 164 valence electrons. The minimum absolute atomic E-state index is 0.118. The molecule has 0 radical (unpaired) electrons. The molecule has 1 aliphatic heterocycles. The Kier molecular flexibility index (Phi) is 7.24. The highest BCUT2D eigenvalue weighted by Gasteiger charge is 2.22. The number of amides is 1. The van der Waals surface area contributed by atoms with E-state index in [9.17, 15) is 13.2 Å². The van der Waals surface area contributed by atoms with Crippen LogP contribution in [0.5, 0.6) is 0 Å². The molecule has 9 nitrogen and oxygen atoms in total. The third-order valence-electron chi connectivity index (χ3n) is 5.10. The van der Waals surface area contributed by atoms with Crippen molar-refractivity contribution in [3.05, 3.63) is 47.3 Å². The van der Waals surface area contributed by atoms with Crippen molar-refractivity contribution >= 4 is 15.9 Å². The third kappa shape index (κ3) is 5.66. The van der Waals surface area contributed by atoms with E-state index in [0.29, 0.717) is 12.1 Å². The summed E-state index contributed by atoms with van der Waals surface area (Å²) in [6, 6.07) is 8.68. The number of benzene rings is 1. The molecular weight excluding hydrogens is 406 g/mol. The predicted molar refractivity (Wildman–Crippen MR) is 112 cm³/mol. The Labute approximate surface area is 177 Å². The molecule has 1 fully saturated rings. The van der Waals surface area contributed by atoms with Crippen molar-refractivity contribution in [2.45, 2.75) is 24.9 Å². The van der Waals surface area contributed by atoms with Gasteiger partial charge >= 0.3 is 0 Å². The van der Waals surface area contributed by atoms with Crippen LogP contribution < -0.4 is 5.32 Å². The summed E-state index contributed by atoms with van der Waals surface area (Å²) in [6.45, 7) is 6.36. The number of carbonyl (C=O) groups excluding carboxylic acids is 1. The lowest BCUT2D eigenvalue weighted by molar-refractivity contribution is -0.122. The lowest BCUT2D eigenvalue weighted by Gasteiger charge is -2.33. The van der Waals surface area contributed by atoms with Gasteiger partial charge in [-0.3, -0.25) is 14.6 Å². The molecule has 0 bridgehead atoms. The number of sulfonamides is 1. The Balaban J connectivity index is 1.47. The van der Waals surface area contributed by atoms with Crippen molar-refractivity contribution in [3.63, 3.8) is 0 Å². The van der Waals surface area contributed by atoms with E-state index in [2.05, 4.69) is 20.3 Å². The number of hydrogen-bond acceptors (Lipinski definition) is 7. The van der Waals surface area contributed by atoms with Gasteiger partial charge in [0.1, 0.15) is 5.76 Å². The number of nitrogens with zero attached hydrogens (tertiary/aromatic N) is 4. The fraction of sp³-hybridized carbons (Fsp3) is 0.500. The molecule has 1 saturated heterocycles. The Morgan fingerprint density at radius 3 is 2.47 bits per heavy atom. The maximum absolute atomic E-state index is 12.5. The fourth-order valence-electron chi connectivity index (χ4n) is 3.38. The smallest absolute Gasteiger partial charge is 0.242 e. The van der Waals surface area contributed by atoms with Gasteiger partial charge in [-0.05, 0) is 18.6 Å². The monoisotopic (exact) mass is 435 g/mol. The summed E-state index contributed by atoms with van der Waals surface area (Å²) in [5.41, 5.74) is 1.50. The van der Waals surface area contributed by atoms with E-state index in [1.807, 2.05) is 13.0 Å². The van der Waals surface area contributed by atoms with Crippen LogP contribution in [0.2, 0.25) is 0 Å². The number of hydrogen-bond donors (Lipinski definition) is 1. The molecule has 30 heavy (non-hydrogen) atoms. The van der Waals surface area contributed by atoms with E-state index in [0.717, 1.165) is 44.2 Å². The average Bonchev–Trinajstić information content (AvgIpc) is 3.12. The molecule has 0 spiro atoms. The van der Waals surface area contributed by atoms with Crippen molar-refractivity contribution in [2.75, 3.05) is 46.8 Å². The van der Waals surface area contributed by atoms with Crippen molar-refractivity contribution in [1.29, 1.82) is 0 Å². The van der Waals surface area contributed by atoms with E-state index >= 15 is 0 Å². The third-order valence-corrected chi connectivity index (χ3v) is 7.02. The van der Waals surface area contributed by atoms with E-state index in [-0.39, 0.29) is 17.3 Å². The van der Waals surface area contributed by atoms with Crippen LogP contribution in [-0.2, 0) is 27.9 Å². The van der Waals surface area contributed by atoms with Crippen LogP contribution in [-0.4, -0.2) is 80.4 Å². The molecule has 2 heterocycles. The van der Waals surface area contributed by atoms with Crippen LogP contribution in [0.15, 0.2) is 39.8 Å². The van der Waals surface area contributed by atoms with E-state index in [4.69, 9.17) is 4.52 Å². The minimum atomic E-state index is -3.56. The van der Waals surface area contributed by atoms with Crippen LogP contribution in [0, 0.1) is 6.92 Å². The molecule has 2 aromatic rings. The fourth-order valence-corrected chi connectivity index (χ4v) is 4.49. The van der Waals surface area contributed by atoms with E-state index in [1.165, 1.54) is 18.4 Å². The predicted octanol–water partition coefficient (Wildman–Crippen LogP) is 0.667. The standard InChI is InChI=1S/C20H29N5O4S/c1-16-12-18(22-29-16)14-24-8-10-25(11-9-24)15-20(26)21-13-17-6-4-5-7-19(17)30(27,28)23(2)3/h4-7,12H,8-11,13-15H2,1-3H3,(H,21,26). The van der Waals surface area contributed by atoms with Gasteiger partial charge in [0.25, 0.3) is 0 Å². The van der Waals surface area contributed by atoms with Crippen molar-refractivity contribution < 1.29 is 17.7 Å². The highest BCUT2D eigenvalue weighted by molar-refractivity contribution is 7.89. The quantitative estimate of drug-likeness (QED) is 0.651. The van der Waals surface area contributed by atoms with Gasteiger partial charge in [0.2, 0.25) is 15.9 Å². The highest BCUT2D eigenvalue weighted by Crippen LogP contribution is 2.18. The van der Waals surface area contributed by atoms with E-state index in [1.54, 1.807) is 24.3 Å². The Hall–Kier alpha value is -2.27. The zero-order chi connectivity index (χ0) is 21.7. The van der Waals surface area contributed by atoms with Crippen molar-refractivity contribution in [2.24, 2.45) is 0 Å². The van der Waals surface area contributed by atoms with Crippen molar-refractivity contribution in [3.8, 4) is 0 Å². The SMILES string of the molecule is Cc1cc(CN2CCN(CC(=O)NCc3ccccc3S(=O)(=O)N(C)C)CC2)no1. The molecule has 1 aromatic heterocycles. The number of rotatable bonds is 8. The number of piperazine rings is 1. The first kappa shape index (κ1) is 22.4. The minimum Gasteiger partial charge on any atom is -0.361 e. The van der Waals surface area contributed by atoms with Gasteiger partial charge in [0.15, 0.2) is 0 Å². The first-order chi connectivity index (χ1) is 14.3. The summed E-state index contributed by atoms with van der Waals surface area (Å²) in [5.74, 6) is 0.688. The lowest BCUT2D eigenvalue weighted by Crippen LogP contribution is -2.49. The summed E-state index contributed by atoms with van der Waals surface area (Å²) in [6.07, 6.45) is 0. The molecular formula is C20H29N5O4S. The maximum Gasteiger partial charge on any atom is 0.242 e. The Morgan fingerprint density at radius 1 is 1.17 bits per heavy atom. The molecule has 0 atom stereocenters. The molecule has 0 saturated carbocycles. The molecule has 1 aliphatic rings. The molecule has 1 N–H and O–H groups in total. The summed E-state index contributed by atoms with van der Waals surface area (Å²) in [7, 11) is -0.571. The lowest BCUT2D eigenvalue weighted by atomic mass is 10.2. The number of aryl methyl sites for hydroxylation is 1. The van der Waals surface area contributed by atoms with Crippen molar-refractivity contribution in [1.82, 2.24) is 24.6 Å². The zero-order valence-corrected chi connectivity index (χ0v) is 18.5. The first-order valence-electron chi connectivity index (χ1n) is 9.90. The largest absolute Gasteiger partial charge is 0.361 e. The second kappa shape index (κ2) is 9.69. The zero-order valence-electron chi connectivity index (χ0n) is 17.7. The number of aromatic nitrogens is 1. The van der Waals surface area contributed by atoms with Gasteiger partial charge < -0.3 is 9.84 Å². The molecule has 0 unspecified atom stereocenters. The van der Waals surface area contributed by atoms with Crippen LogP contribution in [0.1, 0.15) is 17.0 Å². The van der Waals surface area contributed by atoms with Crippen LogP contribution in [0.3, 0.4) is 0 Å². The maximum atomic E-state index is 12.5. The van der Waals surface area contributed by atoms with Gasteiger partial charge in [-0.2, -0.15) is 0 Å². The van der Waals surface area contributed by atoms with Crippen LogP contribution in [0.4, 0.5) is 0 Å².